The third kappa shape index (κ3) is 2.99. The molecule has 2 heterocycles. The molecule has 2 rings (SSSR count). The summed E-state index contributed by atoms with van der Waals surface area (Å²) in [6.45, 7) is 1.93. The average molecular weight is 299 g/mol. The van der Waals surface area contributed by atoms with E-state index < -0.39 is 9.84 Å². The second-order valence-corrected chi connectivity index (χ2v) is 6.69. The van der Waals surface area contributed by atoms with Crippen molar-refractivity contribution in [2.75, 3.05) is 16.8 Å². The fraction of sp³-hybridized carbons (Fsp3) is 0.300. The van der Waals surface area contributed by atoms with Crippen molar-refractivity contribution in [3.8, 4) is 0 Å². The summed E-state index contributed by atoms with van der Waals surface area (Å²) >= 11 is 1.02. The SMILES string of the molecule is CCS(=O)(=O)c1c(N)nsc1NCc1cccnn1. The third-order valence-electron chi connectivity index (χ3n) is 2.42. The number of nitrogens with one attached hydrogen (secondary N) is 1. The van der Waals surface area contributed by atoms with Gasteiger partial charge in [0.2, 0.25) is 0 Å². The van der Waals surface area contributed by atoms with E-state index in [9.17, 15) is 8.42 Å². The Labute approximate surface area is 115 Å². The lowest BCUT2D eigenvalue weighted by molar-refractivity contribution is 0.598. The predicted octanol–water partition coefficient (Wildman–Crippen LogP) is 0.921. The van der Waals surface area contributed by atoms with Crippen LogP contribution >= 0.6 is 11.5 Å². The number of sulfone groups is 1. The van der Waals surface area contributed by atoms with Gasteiger partial charge in [-0.25, -0.2) is 8.42 Å². The molecule has 0 atom stereocenters. The van der Waals surface area contributed by atoms with Crippen LogP contribution in [0.1, 0.15) is 12.6 Å². The van der Waals surface area contributed by atoms with Gasteiger partial charge in [0.05, 0.1) is 18.0 Å². The first-order chi connectivity index (χ1) is 9.04. The maximum atomic E-state index is 11.9. The second kappa shape index (κ2) is 5.49. The lowest BCUT2D eigenvalue weighted by Gasteiger charge is -2.06. The first-order valence-electron chi connectivity index (χ1n) is 5.53. The van der Waals surface area contributed by atoms with Gasteiger partial charge in [0.15, 0.2) is 15.7 Å². The van der Waals surface area contributed by atoms with Crippen LogP contribution in [0, 0.1) is 0 Å². The number of aromatic nitrogens is 3. The molecular formula is C10H13N5O2S2. The van der Waals surface area contributed by atoms with E-state index in [1.807, 2.05) is 0 Å². The molecule has 7 nitrogen and oxygen atoms in total. The summed E-state index contributed by atoms with van der Waals surface area (Å²) < 4.78 is 27.8. The maximum Gasteiger partial charge on any atom is 0.184 e. The fourth-order valence-corrected chi connectivity index (χ4v) is 3.61. The summed E-state index contributed by atoms with van der Waals surface area (Å²) in [5, 5.41) is 11.1. The lowest BCUT2D eigenvalue weighted by Crippen LogP contribution is -2.09. The van der Waals surface area contributed by atoms with Crippen LogP contribution in [0.2, 0.25) is 0 Å². The fourth-order valence-electron chi connectivity index (χ4n) is 1.45. The number of nitrogens with zero attached hydrogens (tertiary/aromatic N) is 3. The molecule has 0 unspecified atom stereocenters. The van der Waals surface area contributed by atoms with E-state index in [1.165, 1.54) is 0 Å². The van der Waals surface area contributed by atoms with Gasteiger partial charge in [-0.1, -0.05) is 6.92 Å². The zero-order valence-electron chi connectivity index (χ0n) is 10.2. The van der Waals surface area contributed by atoms with Crippen LogP contribution in [0.3, 0.4) is 0 Å². The average Bonchev–Trinajstić information content (AvgIpc) is 2.79. The molecule has 0 aromatic carbocycles. The molecule has 2 aromatic rings. The standard InChI is InChI=1S/C10H13N5O2S2/c1-2-19(16,17)8-9(11)15-18-10(8)12-6-7-4-3-5-13-14-7/h3-5,12H,2,6H2,1H3,(H2,11,15). The molecule has 9 heteroatoms. The molecule has 0 aliphatic rings. The Kier molecular flexibility index (Phi) is 3.96. The molecule has 2 aromatic heterocycles. The van der Waals surface area contributed by atoms with Gasteiger partial charge >= 0.3 is 0 Å². The molecule has 0 saturated heterocycles. The van der Waals surface area contributed by atoms with Crippen molar-refractivity contribution < 1.29 is 8.42 Å². The first-order valence-corrected chi connectivity index (χ1v) is 7.95. The maximum absolute atomic E-state index is 11.9. The quantitative estimate of drug-likeness (QED) is 0.844. The summed E-state index contributed by atoms with van der Waals surface area (Å²) in [7, 11) is -3.40. The molecule has 19 heavy (non-hydrogen) atoms. The van der Waals surface area contributed by atoms with Crippen molar-refractivity contribution in [1.82, 2.24) is 14.6 Å². The molecule has 0 bridgehead atoms. The van der Waals surface area contributed by atoms with Crippen molar-refractivity contribution in [2.45, 2.75) is 18.4 Å². The van der Waals surface area contributed by atoms with Gasteiger partial charge in [-0.2, -0.15) is 14.6 Å². The lowest BCUT2D eigenvalue weighted by atomic mass is 10.4. The van der Waals surface area contributed by atoms with Gasteiger partial charge in [0.1, 0.15) is 9.90 Å². The molecule has 0 spiro atoms. The third-order valence-corrected chi connectivity index (χ3v) is 5.17. The molecule has 0 amide bonds. The number of anilines is 2. The van der Waals surface area contributed by atoms with Gasteiger partial charge in [-0.05, 0) is 23.7 Å². The molecule has 0 radical (unpaired) electrons. The normalized spacial score (nSPS) is 11.4. The minimum atomic E-state index is -3.40. The smallest absolute Gasteiger partial charge is 0.184 e. The molecule has 0 fully saturated rings. The van der Waals surface area contributed by atoms with Crippen LogP contribution in [0.15, 0.2) is 23.2 Å². The van der Waals surface area contributed by atoms with Gasteiger partial charge < -0.3 is 11.1 Å². The topological polar surface area (TPSA) is 111 Å². The monoisotopic (exact) mass is 299 g/mol. The Hall–Kier alpha value is -1.74. The minimum Gasteiger partial charge on any atom is -0.382 e. The number of nitrogens with two attached hydrogens (primary N) is 1. The van der Waals surface area contributed by atoms with Gasteiger partial charge in [-0.3, -0.25) is 0 Å². The van der Waals surface area contributed by atoms with Crippen LogP contribution in [-0.4, -0.2) is 28.7 Å². The minimum absolute atomic E-state index is 0.0184. The van der Waals surface area contributed by atoms with E-state index >= 15 is 0 Å². The van der Waals surface area contributed by atoms with E-state index in [2.05, 4.69) is 19.9 Å². The van der Waals surface area contributed by atoms with E-state index in [0.29, 0.717) is 17.2 Å². The highest BCUT2D eigenvalue weighted by atomic mass is 32.2. The highest BCUT2D eigenvalue weighted by Crippen LogP contribution is 2.32. The zero-order chi connectivity index (χ0) is 13.9. The number of hydrogen-bond acceptors (Lipinski definition) is 8. The summed E-state index contributed by atoms with van der Waals surface area (Å²) in [5.41, 5.74) is 6.33. The Bertz CT molecular complexity index is 654. The number of nitrogen functional groups attached to an aromatic ring is 1. The Morgan fingerprint density at radius 3 is 2.89 bits per heavy atom. The van der Waals surface area contributed by atoms with Crippen molar-refractivity contribution in [1.29, 1.82) is 0 Å². The van der Waals surface area contributed by atoms with E-state index in [1.54, 1.807) is 25.3 Å². The van der Waals surface area contributed by atoms with Gasteiger partial charge in [-0.15, -0.1) is 0 Å². The summed E-state index contributed by atoms with van der Waals surface area (Å²) in [5.74, 6) is 0.0172. The van der Waals surface area contributed by atoms with E-state index in [-0.39, 0.29) is 16.5 Å². The van der Waals surface area contributed by atoms with Crippen molar-refractivity contribution in [3.05, 3.63) is 24.0 Å². The molecule has 0 aliphatic heterocycles. The second-order valence-electron chi connectivity index (χ2n) is 3.70. The summed E-state index contributed by atoms with van der Waals surface area (Å²) in [4.78, 5) is 0.0730. The van der Waals surface area contributed by atoms with Gasteiger partial charge in [0.25, 0.3) is 0 Å². The summed E-state index contributed by atoms with van der Waals surface area (Å²) in [6, 6.07) is 3.55. The number of hydrogen-bond donors (Lipinski definition) is 2. The predicted molar refractivity (Wildman–Crippen MR) is 73.6 cm³/mol. The van der Waals surface area contributed by atoms with Crippen molar-refractivity contribution in [3.63, 3.8) is 0 Å². The Morgan fingerprint density at radius 1 is 1.47 bits per heavy atom. The van der Waals surface area contributed by atoms with Gasteiger partial charge in [0, 0.05) is 6.20 Å². The molecule has 0 saturated carbocycles. The number of rotatable bonds is 5. The van der Waals surface area contributed by atoms with E-state index in [4.69, 9.17) is 5.73 Å². The molecule has 3 N–H and O–H groups in total. The Balaban J connectivity index is 2.23. The van der Waals surface area contributed by atoms with Crippen LogP contribution in [0.25, 0.3) is 0 Å². The first kappa shape index (κ1) is 13.7. The van der Waals surface area contributed by atoms with Crippen molar-refractivity contribution >= 4 is 32.2 Å². The van der Waals surface area contributed by atoms with Crippen LogP contribution in [0.4, 0.5) is 10.8 Å². The van der Waals surface area contributed by atoms with Crippen LogP contribution in [0.5, 0.6) is 0 Å². The zero-order valence-corrected chi connectivity index (χ0v) is 11.8. The summed E-state index contributed by atoms with van der Waals surface area (Å²) in [6.07, 6.45) is 1.57. The van der Waals surface area contributed by atoms with Crippen LogP contribution < -0.4 is 11.1 Å². The van der Waals surface area contributed by atoms with E-state index in [0.717, 1.165) is 11.5 Å². The van der Waals surface area contributed by atoms with Crippen LogP contribution in [-0.2, 0) is 16.4 Å². The molecular weight excluding hydrogens is 286 g/mol. The Morgan fingerprint density at radius 2 is 2.26 bits per heavy atom. The molecule has 102 valence electrons. The highest BCUT2D eigenvalue weighted by molar-refractivity contribution is 7.91. The largest absolute Gasteiger partial charge is 0.382 e. The molecule has 0 aliphatic carbocycles. The van der Waals surface area contributed by atoms with Crippen molar-refractivity contribution in [2.24, 2.45) is 0 Å². The highest BCUT2D eigenvalue weighted by Gasteiger charge is 2.23.